The van der Waals surface area contributed by atoms with Gasteiger partial charge in [0.1, 0.15) is 11.3 Å². The van der Waals surface area contributed by atoms with Crippen LogP contribution in [0.3, 0.4) is 0 Å². The van der Waals surface area contributed by atoms with Crippen molar-refractivity contribution in [2.45, 2.75) is 19.8 Å². The standard InChI is InChI=1S/C20H19NO5S/c1-2-26-20(25)15-8-5-14(12-17(15)22)21-13(7-10-19(23)24)6-9-16(21)18-4-3-11-27-18/h3-6,8-9,11-12,22H,2,7,10H2,1H3,(H,23,24). The van der Waals surface area contributed by atoms with Crippen LogP contribution in [0.25, 0.3) is 16.3 Å². The summed E-state index contributed by atoms with van der Waals surface area (Å²) < 4.78 is 6.85. The third-order valence-corrected chi connectivity index (χ3v) is 4.96. The van der Waals surface area contributed by atoms with Crippen LogP contribution in [-0.2, 0) is 16.0 Å². The zero-order valence-electron chi connectivity index (χ0n) is 14.7. The summed E-state index contributed by atoms with van der Waals surface area (Å²) in [5.41, 5.74) is 2.45. The van der Waals surface area contributed by atoms with Gasteiger partial charge in [0.15, 0.2) is 0 Å². The molecule has 2 N–H and O–H groups in total. The Morgan fingerprint density at radius 2 is 2.00 bits per heavy atom. The first kappa shape index (κ1) is 18.7. The Balaban J connectivity index is 2.06. The van der Waals surface area contributed by atoms with Gasteiger partial charge in [-0.3, -0.25) is 4.79 Å². The van der Waals surface area contributed by atoms with E-state index in [1.165, 1.54) is 12.1 Å². The number of nitrogens with zero attached hydrogens (tertiary/aromatic N) is 1. The Kier molecular flexibility index (Phi) is 5.61. The van der Waals surface area contributed by atoms with Gasteiger partial charge in [-0.2, -0.15) is 0 Å². The maximum Gasteiger partial charge on any atom is 0.341 e. The molecule has 27 heavy (non-hydrogen) atoms. The third kappa shape index (κ3) is 4.03. The molecular formula is C20H19NO5S. The zero-order valence-corrected chi connectivity index (χ0v) is 15.5. The molecule has 140 valence electrons. The van der Waals surface area contributed by atoms with Crippen LogP contribution in [0, 0.1) is 0 Å². The molecule has 0 bridgehead atoms. The van der Waals surface area contributed by atoms with Gasteiger partial charge in [-0.25, -0.2) is 4.79 Å². The van der Waals surface area contributed by atoms with Crippen LogP contribution in [0.4, 0.5) is 0 Å². The molecule has 0 amide bonds. The minimum atomic E-state index is -0.874. The van der Waals surface area contributed by atoms with E-state index >= 15 is 0 Å². The van der Waals surface area contributed by atoms with Gasteiger partial charge in [-0.05, 0) is 49.1 Å². The van der Waals surface area contributed by atoms with Crippen molar-refractivity contribution in [3.63, 3.8) is 0 Å². The van der Waals surface area contributed by atoms with Crippen molar-refractivity contribution in [1.82, 2.24) is 4.57 Å². The van der Waals surface area contributed by atoms with Crippen LogP contribution >= 0.6 is 11.3 Å². The van der Waals surface area contributed by atoms with Gasteiger partial charge in [0, 0.05) is 17.4 Å². The molecule has 0 saturated heterocycles. The molecule has 0 saturated carbocycles. The van der Waals surface area contributed by atoms with Gasteiger partial charge in [-0.1, -0.05) is 6.07 Å². The summed E-state index contributed by atoms with van der Waals surface area (Å²) >= 11 is 1.57. The van der Waals surface area contributed by atoms with Crippen LogP contribution in [0.2, 0.25) is 0 Å². The molecule has 2 heterocycles. The van der Waals surface area contributed by atoms with Crippen molar-refractivity contribution in [3.05, 3.63) is 59.1 Å². The molecule has 0 atom stereocenters. The number of aromatic nitrogens is 1. The highest BCUT2D eigenvalue weighted by Gasteiger charge is 2.17. The molecule has 2 aromatic heterocycles. The second-order valence-corrected chi connectivity index (χ2v) is 6.79. The average molecular weight is 385 g/mol. The van der Waals surface area contributed by atoms with Gasteiger partial charge in [0.25, 0.3) is 0 Å². The summed E-state index contributed by atoms with van der Waals surface area (Å²) in [4.78, 5) is 23.9. The number of thiophene rings is 1. The van der Waals surface area contributed by atoms with Gasteiger partial charge in [0.2, 0.25) is 0 Å². The Bertz CT molecular complexity index is 959. The number of aryl methyl sites for hydroxylation is 1. The lowest BCUT2D eigenvalue weighted by Gasteiger charge is -2.14. The number of benzene rings is 1. The number of phenols is 1. The lowest BCUT2D eigenvalue weighted by molar-refractivity contribution is -0.136. The second kappa shape index (κ2) is 8.09. The van der Waals surface area contributed by atoms with Crippen molar-refractivity contribution >= 4 is 23.3 Å². The fraction of sp³-hybridized carbons (Fsp3) is 0.200. The Labute approximate surface area is 160 Å². The number of aromatic hydroxyl groups is 1. The van der Waals surface area contributed by atoms with Gasteiger partial charge >= 0.3 is 11.9 Å². The molecule has 0 aliphatic heterocycles. The number of carboxylic acid groups (broad SMARTS) is 1. The predicted octanol–water partition coefficient (Wildman–Crippen LogP) is 4.11. The Morgan fingerprint density at radius 3 is 2.63 bits per heavy atom. The largest absolute Gasteiger partial charge is 0.507 e. The monoisotopic (exact) mass is 385 g/mol. The molecule has 0 aliphatic rings. The van der Waals surface area contributed by atoms with Crippen molar-refractivity contribution in [2.75, 3.05) is 6.61 Å². The van der Waals surface area contributed by atoms with Crippen LogP contribution in [-0.4, -0.2) is 33.3 Å². The van der Waals surface area contributed by atoms with Crippen LogP contribution in [0.5, 0.6) is 5.75 Å². The van der Waals surface area contributed by atoms with E-state index in [0.717, 1.165) is 16.3 Å². The normalized spacial score (nSPS) is 10.7. The highest BCUT2D eigenvalue weighted by molar-refractivity contribution is 7.13. The minimum absolute atomic E-state index is 0.000779. The number of carbonyl (C=O) groups excluding carboxylic acids is 1. The summed E-state index contributed by atoms with van der Waals surface area (Å²) in [6, 6.07) is 12.5. The number of carbonyl (C=O) groups is 2. The van der Waals surface area contributed by atoms with Crippen LogP contribution < -0.4 is 0 Å². The molecule has 7 heteroatoms. The number of hydrogen-bond acceptors (Lipinski definition) is 5. The summed E-state index contributed by atoms with van der Waals surface area (Å²) in [7, 11) is 0. The molecule has 0 aliphatic carbocycles. The molecule has 0 unspecified atom stereocenters. The van der Waals surface area contributed by atoms with Gasteiger partial charge in [-0.15, -0.1) is 11.3 Å². The lowest BCUT2D eigenvalue weighted by atomic mass is 10.1. The van der Waals surface area contributed by atoms with E-state index in [1.807, 2.05) is 34.2 Å². The van der Waals surface area contributed by atoms with E-state index in [2.05, 4.69) is 0 Å². The van der Waals surface area contributed by atoms with E-state index < -0.39 is 11.9 Å². The highest BCUT2D eigenvalue weighted by atomic mass is 32.1. The fourth-order valence-electron chi connectivity index (χ4n) is 2.87. The van der Waals surface area contributed by atoms with Crippen molar-refractivity contribution in [3.8, 4) is 22.0 Å². The molecular weight excluding hydrogens is 366 g/mol. The molecule has 3 rings (SSSR count). The molecule has 0 spiro atoms. The summed E-state index contributed by atoms with van der Waals surface area (Å²) in [5, 5.41) is 21.3. The van der Waals surface area contributed by atoms with Crippen molar-refractivity contribution in [1.29, 1.82) is 0 Å². The van der Waals surface area contributed by atoms with Crippen LogP contribution in [0.1, 0.15) is 29.4 Å². The quantitative estimate of drug-likeness (QED) is 0.598. The number of carboxylic acids is 1. The first-order valence-electron chi connectivity index (χ1n) is 8.48. The number of rotatable bonds is 7. The number of hydrogen-bond donors (Lipinski definition) is 2. The zero-order chi connectivity index (χ0) is 19.4. The van der Waals surface area contributed by atoms with Crippen molar-refractivity contribution in [2.24, 2.45) is 0 Å². The first-order valence-corrected chi connectivity index (χ1v) is 9.36. The van der Waals surface area contributed by atoms with E-state index in [-0.39, 0.29) is 24.3 Å². The molecule has 0 fully saturated rings. The van der Waals surface area contributed by atoms with E-state index in [0.29, 0.717) is 12.1 Å². The Morgan fingerprint density at radius 1 is 1.19 bits per heavy atom. The topological polar surface area (TPSA) is 88.8 Å². The number of aliphatic carboxylic acids is 1. The number of phenolic OH excluding ortho intramolecular Hbond substituents is 1. The SMILES string of the molecule is CCOC(=O)c1ccc(-n2c(CCC(=O)O)ccc2-c2cccs2)cc1O. The van der Waals surface area contributed by atoms with Gasteiger partial charge in [0.05, 0.1) is 23.6 Å². The van der Waals surface area contributed by atoms with Crippen LogP contribution in [0.15, 0.2) is 47.8 Å². The number of esters is 1. The fourth-order valence-corrected chi connectivity index (χ4v) is 3.61. The van der Waals surface area contributed by atoms with E-state index in [9.17, 15) is 14.7 Å². The Hall–Kier alpha value is -3.06. The molecule has 6 nitrogen and oxygen atoms in total. The predicted molar refractivity (Wildman–Crippen MR) is 103 cm³/mol. The van der Waals surface area contributed by atoms with Crippen molar-refractivity contribution < 1.29 is 24.5 Å². The maximum atomic E-state index is 11.9. The highest BCUT2D eigenvalue weighted by Crippen LogP contribution is 2.32. The summed E-state index contributed by atoms with van der Waals surface area (Å²) in [6.07, 6.45) is 0.349. The van der Waals surface area contributed by atoms with Gasteiger partial charge < -0.3 is 19.5 Å². The molecule has 3 aromatic rings. The molecule has 1 aromatic carbocycles. The minimum Gasteiger partial charge on any atom is -0.507 e. The molecule has 0 radical (unpaired) electrons. The second-order valence-electron chi connectivity index (χ2n) is 5.84. The smallest absolute Gasteiger partial charge is 0.341 e. The average Bonchev–Trinajstić information content (AvgIpc) is 3.29. The number of ether oxygens (including phenoxy) is 1. The van der Waals surface area contributed by atoms with E-state index in [4.69, 9.17) is 9.84 Å². The van der Waals surface area contributed by atoms with E-state index in [1.54, 1.807) is 24.3 Å². The third-order valence-electron chi connectivity index (χ3n) is 4.07. The summed E-state index contributed by atoms with van der Waals surface area (Å²) in [5.74, 6) is -1.64. The first-order chi connectivity index (χ1) is 13.0. The maximum absolute atomic E-state index is 11.9. The summed E-state index contributed by atoms with van der Waals surface area (Å²) in [6.45, 7) is 1.92. The lowest BCUT2D eigenvalue weighted by Crippen LogP contribution is -2.07.